The highest BCUT2D eigenvalue weighted by atomic mass is 79.9. The second-order valence-corrected chi connectivity index (χ2v) is 7.03. The lowest BCUT2D eigenvalue weighted by molar-refractivity contribution is 0.267. The number of hydrogen-bond donors (Lipinski definition) is 1. The SMILES string of the molecule is CCOc1cc(CNCc2ccccn2)cc(Br)c1OCc1ccc(F)cc1. The molecule has 0 aliphatic heterocycles. The van der Waals surface area contributed by atoms with Crippen LogP contribution in [0.5, 0.6) is 11.5 Å². The smallest absolute Gasteiger partial charge is 0.175 e. The van der Waals surface area contributed by atoms with Gasteiger partial charge < -0.3 is 14.8 Å². The molecule has 0 amide bonds. The fourth-order valence-electron chi connectivity index (χ4n) is 2.70. The van der Waals surface area contributed by atoms with E-state index in [0.717, 1.165) is 21.3 Å². The molecule has 1 heterocycles. The molecule has 0 bridgehead atoms. The highest BCUT2D eigenvalue weighted by molar-refractivity contribution is 9.10. The van der Waals surface area contributed by atoms with E-state index in [1.165, 1.54) is 12.1 Å². The summed E-state index contributed by atoms with van der Waals surface area (Å²) in [6, 6.07) is 16.1. The molecule has 4 nitrogen and oxygen atoms in total. The van der Waals surface area contributed by atoms with Crippen LogP contribution in [0.2, 0.25) is 0 Å². The monoisotopic (exact) mass is 444 g/mol. The molecular formula is C22H22BrFN2O2. The minimum atomic E-state index is -0.262. The second-order valence-electron chi connectivity index (χ2n) is 6.18. The Kier molecular flexibility index (Phi) is 7.39. The quantitative estimate of drug-likeness (QED) is 0.489. The molecule has 0 saturated carbocycles. The van der Waals surface area contributed by atoms with Gasteiger partial charge >= 0.3 is 0 Å². The van der Waals surface area contributed by atoms with Crippen LogP contribution in [0.25, 0.3) is 0 Å². The molecule has 0 radical (unpaired) electrons. The molecule has 28 heavy (non-hydrogen) atoms. The molecular weight excluding hydrogens is 423 g/mol. The normalized spacial score (nSPS) is 10.7. The number of ether oxygens (including phenoxy) is 2. The van der Waals surface area contributed by atoms with Crippen LogP contribution in [0.1, 0.15) is 23.7 Å². The van der Waals surface area contributed by atoms with E-state index in [4.69, 9.17) is 9.47 Å². The predicted octanol–water partition coefficient (Wildman–Crippen LogP) is 5.25. The number of benzene rings is 2. The van der Waals surface area contributed by atoms with Gasteiger partial charge in [0.05, 0.1) is 16.8 Å². The lowest BCUT2D eigenvalue weighted by Gasteiger charge is -2.16. The molecule has 1 aromatic heterocycles. The van der Waals surface area contributed by atoms with Crippen molar-refractivity contribution >= 4 is 15.9 Å². The van der Waals surface area contributed by atoms with Crippen molar-refractivity contribution in [3.05, 3.63) is 87.9 Å². The summed E-state index contributed by atoms with van der Waals surface area (Å²) in [5.74, 6) is 1.05. The van der Waals surface area contributed by atoms with Crippen molar-refractivity contribution in [1.82, 2.24) is 10.3 Å². The van der Waals surface area contributed by atoms with E-state index in [2.05, 4.69) is 26.2 Å². The molecule has 0 spiro atoms. The van der Waals surface area contributed by atoms with Crippen LogP contribution >= 0.6 is 15.9 Å². The molecule has 0 aliphatic carbocycles. The van der Waals surface area contributed by atoms with Crippen molar-refractivity contribution in [2.24, 2.45) is 0 Å². The van der Waals surface area contributed by atoms with E-state index in [1.54, 1.807) is 18.3 Å². The Hall–Kier alpha value is -2.44. The van der Waals surface area contributed by atoms with Crippen LogP contribution in [0.3, 0.4) is 0 Å². The van der Waals surface area contributed by atoms with Gasteiger partial charge in [0.2, 0.25) is 0 Å². The first-order chi connectivity index (χ1) is 13.7. The predicted molar refractivity (Wildman–Crippen MR) is 111 cm³/mol. The van der Waals surface area contributed by atoms with Gasteiger partial charge in [-0.1, -0.05) is 18.2 Å². The van der Waals surface area contributed by atoms with Gasteiger partial charge in [-0.3, -0.25) is 4.98 Å². The number of nitrogens with one attached hydrogen (secondary N) is 1. The Morgan fingerprint density at radius 3 is 2.54 bits per heavy atom. The maximum atomic E-state index is 13.1. The molecule has 0 aliphatic rings. The maximum Gasteiger partial charge on any atom is 0.175 e. The zero-order chi connectivity index (χ0) is 19.8. The summed E-state index contributed by atoms with van der Waals surface area (Å²) >= 11 is 3.58. The van der Waals surface area contributed by atoms with Gasteiger partial charge in [-0.2, -0.15) is 0 Å². The summed E-state index contributed by atoms with van der Waals surface area (Å²) in [6.45, 7) is 4.16. The molecule has 3 aromatic rings. The van der Waals surface area contributed by atoms with Crippen LogP contribution in [0.15, 0.2) is 65.3 Å². The van der Waals surface area contributed by atoms with Crippen molar-refractivity contribution in [1.29, 1.82) is 0 Å². The van der Waals surface area contributed by atoms with E-state index in [-0.39, 0.29) is 5.82 Å². The first kappa shape index (κ1) is 20.3. The third-order valence-corrected chi connectivity index (χ3v) is 4.62. The number of nitrogens with zero attached hydrogens (tertiary/aromatic N) is 1. The first-order valence-electron chi connectivity index (χ1n) is 9.08. The van der Waals surface area contributed by atoms with Crippen LogP contribution < -0.4 is 14.8 Å². The number of rotatable bonds is 9. The minimum absolute atomic E-state index is 0.262. The fraction of sp³-hybridized carbons (Fsp3) is 0.227. The topological polar surface area (TPSA) is 43.4 Å². The van der Waals surface area contributed by atoms with Gasteiger partial charge in [0, 0.05) is 19.3 Å². The summed E-state index contributed by atoms with van der Waals surface area (Å²) < 4.78 is 25.6. The van der Waals surface area contributed by atoms with Gasteiger partial charge in [-0.05, 0) is 70.4 Å². The van der Waals surface area contributed by atoms with Gasteiger partial charge in [0.25, 0.3) is 0 Å². The van der Waals surface area contributed by atoms with Gasteiger partial charge in [0.15, 0.2) is 11.5 Å². The summed E-state index contributed by atoms with van der Waals surface area (Å²) in [6.07, 6.45) is 1.79. The number of aromatic nitrogens is 1. The van der Waals surface area contributed by atoms with E-state index >= 15 is 0 Å². The summed E-state index contributed by atoms with van der Waals surface area (Å²) in [7, 11) is 0. The number of pyridine rings is 1. The lowest BCUT2D eigenvalue weighted by Crippen LogP contribution is -2.14. The zero-order valence-electron chi connectivity index (χ0n) is 15.6. The van der Waals surface area contributed by atoms with Gasteiger partial charge in [0.1, 0.15) is 12.4 Å². The Morgan fingerprint density at radius 2 is 1.82 bits per heavy atom. The minimum Gasteiger partial charge on any atom is -0.490 e. The summed E-state index contributed by atoms with van der Waals surface area (Å²) in [4.78, 5) is 4.31. The van der Waals surface area contributed by atoms with Crippen molar-refractivity contribution in [3.63, 3.8) is 0 Å². The Morgan fingerprint density at radius 1 is 1.00 bits per heavy atom. The summed E-state index contributed by atoms with van der Waals surface area (Å²) in [5, 5.41) is 3.38. The molecule has 6 heteroatoms. The molecule has 0 unspecified atom stereocenters. The molecule has 0 saturated heterocycles. The van der Waals surface area contributed by atoms with Crippen molar-refractivity contribution in [2.45, 2.75) is 26.6 Å². The van der Waals surface area contributed by atoms with E-state index in [9.17, 15) is 4.39 Å². The number of halogens is 2. The van der Waals surface area contributed by atoms with Crippen LogP contribution in [0, 0.1) is 5.82 Å². The largest absolute Gasteiger partial charge is 0.490 e. The molecule has 0 fully saturated rings. The average Bonchev–Trinajstić information content (AvgIpc) is 2.70. The fourth-order valence-corrected chi connectivity index (χ4v) is 3.30. The standard InChI is InChI=1S/C22H22BrFN2O2/c1-2-27-21-12-17(13-25-14-19-5-3-4-10-26-19)11-20(23)22(21)28-15-16-6-8-18(24)9-7-16/h3-12,25H,2,13-15H2,1H3. The van der Waals surface area contributed by atoms with Crippen LogP contribution in [0.4, 0.5) is 4.39 Å². The number of hydrogen-bond acceptors (Lipinski definition) is 4. The lowest BCUT2D eigenvalue weighted by atomic mass is 10.2. The maximum absolute atomic E-state index is 13.1. The van der Waals surface area contributed by atoms with Gasteiger partial charge in [-0.15, -0.1) is 0 Å². The van der Waals surface area contributed by atoms with E-state index < -0.39 is 0 Å². The molecule has 0 atom stereocenters. The van der Waals surface area contributed by atoms with Crippen LogP contribution in [-0.4, -0.2) is 11.6 Å². The second kappa shape index (κ2) is 10.2. The van der Waals surface area contributed by atoms with Crippen molar-refractivity contribution in [3.8, 4) is 11.5 Å². The van der Waals surface area contributed by atoms with Crippen molar-refractivity contribution < 1.29 is 13.9 Å². The van der Waals surface area contributed by atoms with Crippen molar-refractivity contribution in [2.75, 3.05) is 6.61 Å². The highest BCUT2D eigenvalue weighted by Gasteiger charge is 2.13. The highest BCUT2D eigenvalue weighted by Crippen LogP contribution is 2.37. The van der Waals surface area contributed by atoms with E-state index in [0.29, 0.717) is 37.8 Å². The molecule has 2 aromatic carbocycles. The third-order valence-electron chi connectivity index (χ3n) is 4.03. The van der Waals surface area contributed by atoms with Crippen LogP contribution in [-0.2, 0) is 19.7 Å². The van der Waals surface area contributed by atoms with E-state index in [1.807, 2.05) is 37.3 Å². The van der Waals surface area contributed by atoms with Gasteiger partial charge in [-0.25, -0.2) is 4.39 Å². The average molecular weight is 445 g/mol. The Labute approximate surface area is 172 Å². The molecule has 1 N–H and O–H groups in total. The Bertz CT molecular complexity index is 889. The molecule has 3 rings (SSSR count). The summed E-state index contributed by atoms with van der Waals surface area (Å²) in [5.41, 5.74) is 2.95. The Balaban J connectivity index is 1.67. The zero-order valence-corrected chi connectivity index (χ0v) is 17.2. The third kappa shape index (κ3) is 5.78. The molecule has 146 valence electrons. The first-order valence-corrected chi connectivity index (χ1v) is 9.88.